The lowest BCUT2D eigenvalue weighted by atomic mass is 9.98. The van der Waals surface area contributed by atoms with Gasteiger partial charge in [-0.2, -0.15) is 0 Å². The molecule has 2 nitrogen and oxygen atoms in total. The second-order valence-corrected chi connectivity index (χ2v) is 8.60. The summed E-state index contributed by atoms with van der Waals surface area (Å²) in [5.41, 5.74) is 8.16. The van der Waals surface area contributed by atoms with Gasteiger partial charge in [0.25, 0.3) is 0 Å². The average molecular weight is 407 g/mol. The summed E-state index contributed by atoms with van der Waals surface area (Å²) in [6.45, 7) is 0. The fraction of sp³-hybridized carbons (Fsp3) is 0. The highest BCUT2D eigenvalue weighted by molar-refractivity contribution is 6.24. The Morgan fingerprint density at radius 3 is 1.72 bits per heavy atom. The maximum atomic E-state index is 6.06. The van der Waals surface area contributed by atoms with E-state index in [1.54, 1.807) is 0 Å². The Balaban J connectivity index is 1.52. The largest absolute Gasteiger partial charge is 0.456 e. The van der Waals surface area contributed by atoms with Crippen LogP contribution in [0.15, 0.2) is 108 Å². The predicted molar refractivity (Wildman–Crippen MR) is 134 cm³/mol. The molecule has 0 unspecified atom stereocenters. The van der Waals surface area contributed by atoms with Gasteiger partial charge in [-0.3, -0.25) is 0 Å². The van der Waals surface area contributed by atoms with Crippen LogP contribution in [0.5, 0.6) is 0 Å². The molecule has 0 aliphatic carbocycles. The van der Waals surface area contributed by atoms with Crippen molar-refractivity contribution < 1.29 is 4.42 Å². The Morgan fingerprint density at radius 1 is 0.438 bits per heavy atom. The zero-order chi connectivity index (χ0) is 20.8. The van der Waals surface area contributed by atoms with Gasteiger partial charge >= 0.3 is 0 Å². The van der Waals surface area contributed by atoms with Crippen molar-refractivity contribution in [2.24, 2.45) is 0 Å². The normalized spacial score (nSPS) is 12.4. The van der Waals surface area contributed by atoms with Crippen molar-refractivity contribution in [1.29, 1.82) is 0 Å². The van der Waals surface area contributed by atoms with Crippen LogP contribution in [-0.2, 0) is 0 Å². The summed E-state index contributed by atoms with van der Waals surface area (Å²) in [5.74, 6) is 0. The van der Waals surface area contributed by atoms with Gasteiger partial charge in [0.15, 0.2) is 0 Å². The number of hydrogen-bond donors (Lipinski definition) is 0. The third kappa shape index (κ3) is 1.95. The summed E-state index contributed by atoms with van der Waals surface area (Å²) in [6.07, 6.45) is 0. The topological polar surface area (TPSA) is 17.6 Å². The van der Waals surface area contributed by atoms with Gasteiger partial charge in [0.2, 0.25) is 0 Å². The van der Waals surface area contributed by atoms with Crippen molar-refractivity contribution in [2.45, 2.75) is 0 Å². The van der Waals surface area contributed by atoms with Crippen LogP contribution in [0.1, 0.15) is 0 Å². The molecule has 0 bridgehead atoms. The van der Waals surface area contributed by atoms with Gasteiger partial charge in [-0.05, 0) is 53.6 Å². The molecule has 0 atom stereocenters. The molecule has 0 radical (unpaired) electrons. The first-order valence-corrected chi connectivity index (χ1v) is 11.0. The van der Waals surface area contributed by atoms with Crippen molar-refractivity contribution in [2.75, 3.05) is 0 Å². The number of para-hydroxylation sites is 3. The van der Waals surface area contributed by atoms with Crippen LogP contribution in [0.25, 0.3) is 71.2 Å². The monoisotopic (exact) mass is 407 g/mol. The van der Waals surface area contributed by atoms with Crippen molar-refractivity contribution in [3.8, 4) is 11.1 Å². The van der Waals surface area contributed by atoms with E-state index in [2.05, 4.69) is 95.4 Å². The van der Waals surface area contributed by atoms with Gasteiger partial charge in [-0.25, -0.2) is 0 Å². The van der Waals surface area contributed by atoms with E-state index in [9.17, 15) is 0 Å². The van der Waals surface area contributed by atoms with Gasteiger partial charge < -0.3 is 8.82 Å². The first kappa shape index (κ1) is 16.4. The average Bonchev–Trinajstić information content (AvgIpc) is 3.50. The first-order valence-electron chi connectivity index (χ1n) is 11.0. The minimum atomic E-state index is 0.933. The van der Waals surface area contributed by atoms with Gasteiger partial charge in [0, 0.05) is 32.3 Å². The molecule has 0 aliphatic heterocycles. The van der Waals surface area contributed by atoms with E-state index in [1.165, 1.54) is 49.2 Å². The first-order chi connectivity index (χ1) is 15.9. The molecule has 8 aromatic rings. The van der Waals surface area contributed by atoms with E-state index in [4.69, 9.17) is 4.42 Å². The maximum Gasteiger partial charge on any atom is 0.135 e. The number of hydrogen-bond acceptors (Lipinski definition) is 1. The van der Waals surface area contributed by atoms with E-state index >= 15 is 0 Å². The number of furan rings is 1. The standard InChI is InChI=1S/C30H17NO/c1-4-10-26-20(7-1)24-16-19(17-25-21-8-2-5-11-27(21)31(26)30(24)25)18-13-14-29-23(15-18)22-9-3-6-12-28(22)32-29/h1-17H. The molecule has 5 aromatic carbocycles. The second kappa shape index (κ2) is 5.68. The summed E-state index contributed by atoms with van der Waals surface area (Å²) in [7, 11) is 0. The second-order valence-electron chi connectivity index (χ2n) is 8.60. The lowest BCUT2D eigenvalue weighted by Crippen LogP contribution is -1.80. The predicted octanol–water partition coefficient (Wildman–Crippen LogP) is 8.40. The van der Waals surface area contributed by atoms with E-state index in [-0.39, 0.29) is 0 Å². The molecule has 8 rings (SSSR count). The molecule has 0 amide bonds. The third-order valence-electron chi connectivity index (χ3n) is 6.91. The number of fused-ring (bicyclic) bond motifs is 9. The number of nitrogens with zero attached hydrogens (tertiary/aromatic N) is 1. The van der Waals surface area contributed by atoms with Crippen molar-refractivity contribution in [3.63, 3.8) is 0 Å². The number of rotatable bonds is 1. The van der Waals surface area contributed by atoms with E-state index in [0.717, 1.165) is 21.9 Å². The Kier molecular flexibility index (Phi) is 2.91. The Hall–Kier alpha value is -4.30. The molecule has 0 saturated carbocycles. The van der Waals surface area contributed by atoms with Crippen molar-refractivity contribution in [3.05, 3.63) is 103 Å². The third-order valence-corrected chi connectivity index (χ3v) is 6.91. The zero-order valence-electron chi connectivity index (χ0n) is 17.2. The van der Waals surface area contributed by atoms with Gasteiger partial charge in [0.05, 0.1) is 16.6 Å². The summed E-state index contributed by atoms with van der Waals surface area (Å²) in [6, 6.07) is 37.0. The minimum Gasteiger partial charge on any atom is -0.456 e. The molecule has 32 heavy (non-hydrogen) atoms. The van der Waals surface area contributed by atoms with Crippen LogP contribution >= 0.6 is 0 Å². The molecular formula is C30H17NO. The quantitative estimate of drug-likeness (QED) is 0.267. The molecule has 148 valence electrons. The van der Waals surface area contributed by atoms with Crippen molar-refractivity contribution in [1.82, 2.24) is 4.40 Å². The zero-order valence-corrected chi connectivity index (χ0v) is 17.2. The number of benzene rings is 5. The van der Waals surface area contributed by atoms with Crippen molar-refractivity contribution >= 4 is 60.0 Å². The fourth-order valence-electron chi connectivity index (χ4n) is 5.52. The van der Waals surface area contributed by atoms with E-state index in [0.29, 0.717) is 0 Å². The van der Waals surface area contributed by atoms with Gasteiger partial charge in [-0.15, -0.1) is 0 Å². The van der Waals surface area contributed by atoms with E-state index in [1.807, 2.05) is 12.1 Å². The highest BCUT2D eigenvalue weighted by atomic mass is 16.3. The highest BCUT2D eigenvalue weighted by Gasteiger charge is 2.18. The molecule has 0 spiro atoms. The van der Waals surface area contributed by atoms with Crippen LogP contribution in [0.2, 0.25) is 0 Å². The van der Waals surface area contributed by atoms with Crippen LogP contribution in [0.3, 0.4) is 0 Å². The molecule has 2 heteroatoms. The lowest BCUT2D eigenvalue weighted by Gasteiger charge is -2.05. The highest BCUT2D eigenvalue weighted by Crippen LogP contribution is 2.42. The minimum absolute atomic E-state index is 0.933. The lowest BCUT2D eigenvalue weighted by molar-refractivity contribution is 0.669. The molecule has 0 aliphatic rings. The van der Waals surface area contributed by atoms with Gasteiger partial charge in [-0.1, -0.05) is 60.7 Å². The van der Waals surface area contributed by atoms with Crippen LogP contribution in [-0.4, -0.2) is 4.40 Å². The molecule has 0 N–H and O–H groups in total. The van der Waals surface area contributed by atoms with Crippen LogP contribution in [0, 0.1) is 0 Å². The molecule has 0 fully saturated rings. The Morgan fingerprint density at radius 2 is 1.00 bits per heavy atom. The van der Waals surface area contributed by atoms with Crippen LogP contribution < -0.4 is 0 Å². The maximum absolute atomic E-state index is 6.06. The Labute approximate surface area is 183 Å². The molecule has 3 aromatic heterocycles. The summed E-state index contributed by atoms with van der Waals surface area (Å²) in [4.78, 5) is 0. The fourth-order valence-corrected chi connectivity index (χ4v) is 5.52. The molecule has 3 heterocycles. The van der Waals surface area contributed by atoms with E-state index < -0.39 is 0 Å². The summed E-state index contributed by atoms with van der Waals surface area (Å²) < 4.78 is 8.48. The summed E-state index contributed by atoms with van der Waals surface area (Å²) >= 11 is 0. The smallest absolute Gasteiger partial charge is 0.135 e. The van der Waals surface area contributed by atoms with Gasteiger partial charge in [0.1, 0.15) is 11.2 Å². The Bertz CT molecular complexity index is 1900. The SMILES string of the molecule is c1ccc2c(c1)oc1ccc(-c3cc4c5ccccc5n5c6ccccc6c(c3)c45)cc12. The number of aromatic nitrogens is 1. The molecule has 0 saturated heterocycles. The van der Waals surface area contributed by atoms with Crippen LogP contribution in [0.4, 0.5) is 0 Å². The summed E-state index contributed by atoms with van der Waals surface area (Å²) in [5, 5.41) is 7.54. The molecular weight excluding hydrogens is 390 g/mol.